The number of carbonyl (C=O) groups excluding carboxylic acids is 1. The van der Waals surface area contributed by atoms with E-state index in [9.17, 15) is 4.79 Å². The molecule has 1 aromatic carbocycles. The van der Waals surface area contributed by atoms with Gasteiger partial charge >= 0.3 is 0 Å². The van der Waals surface area contributed by atoms with Crippen LogP contribution in [0.4, 0.5) is 5.69 Å². The molecule has 8 heteroatoms. The number of benzene rings is 1. The van der Waals surface area contributed by atoms with Crippen molar-refractivity contribution in [3.63, 3.8) is 0 Å². The van der Waals surface area contributed by atoms with Crippen molar-refractivity contribution in [3.8, 4) is 0 Å². The molecule has 0 unspecified atom stereocenters. The number of amides is 1. The highest BCUT2D eigenvalue weighted by atomic mass is 79.9. The summed E-state index contributed by atoms with van der Waals surface area (Å²) in [4.78, 5) is 12.4. The molecule has 0 saturated carbocycles. The third-order valence-corrected chi connectivity index (χ3v) is 5.62. The van der Waals surface area contributed by atoms with Gasteiger partial charge in [0, 0.05) is 10.7 Å². The Kier molecular flexibility index (Phi) is 5.10. The summed E-state index contributed by atoms with van der Waals surface area (Å²) in [5.74, 6) is -0.252. The van der Waals surface area contributed by atoms with Gasteiger partial charge in [0.1, 0.15) is 6.67 Å². The zero-order valence-electron chi connectivity index (χ0n) is 14.0. The SMILES string of the molecule is Cc1ccc(NC(=O)c2ccn(Cn3nc(C)c(Br)c3C)n2)c(Br)c1. The second-order valence-corrected chi connectivity index (χ2v) is 7.45. The van der Waals surface area contributed by atoms with Crippen molar-refractivity contribution in [2.24, 2.45) is 0 Å². The lowest BCUT2D eigenvalue weighted by Crippen LogP contribution is -2.16. The van der Waals surface area contributed by atoms with Crippen LogP contribution in [-0.2, 0) is 6.67 Å². The maximum Gasteiger partial charge on any atom is 0.276 e. The molecule has 0 saturated heterocycles. The minimum atomic E-state index is -0.252. The number of hydrogen-bond donors (Lipinski definition) is 1. The van der Waals surface area contributed by atoms with Crippen LogP contribution in [0.1, 0.15) is 27.4 Å². The van der Waals surface area contributed by atoms with Crippen molar-refractivity contribution in [3.05, 3.63) is 62.1 Å². The molecule has 0 bridgehead atoms. The molecule has 0 radical (unpaired) electrons. The Bertz CT molecular complexity index is 945. The standard InChI is InChI=1S/C17H17Br2N5O/c1-10-4-5-14(13(18)8-10)20-17(25)15-6-7-23(22-15)9-24-12(3)16(19)11(2)21-24/h4-8H,9H2,1-3H3,(H,20,25). The van der Waals surface area contributed by atoms with Crippen LogP contribution in [-0.4, -0.2) is 25.5 Å². The number of aromatic nitrogens is 4. The van der Waals surface area contributed by atoms with E-state index in [4.69, 9.17) is 0 Å². The van der Waals surface area contributed by atoms with Gasteiger partial charge in [-0.1, -0.05) is 6.07 Å². The zero-order chi connectivity index (χ0) is 18.1. The van der Waals surface area contributed by atoms with E-state index in [0.29, 0.717) is 18.1 Å². The molecule has 3 aromatic rings. The van der Waals surface area contributed by atoms with Crippen molar-refractivity contribution < 1.29 is 4.79 Å². The molecule has 6 nitrogen and oxygen atoms in total. The molecule has 130 valence electrons. The fraction of sp³-hybridized carbons (Fsp3) is 0.235. The van der Waals surface area contributed by atoms with Gasteiger partial charge in [-0.2, -0.15) is 10.2 Å². The highest BCUT2D eigenvalue weighted by Crippen LogP contribution is 2.24. The molecule has 0 aliphatic carbocycles. The van der Waals surface area contributed by atoms with E-state index < -0.39 is 0 Å². The van der Waals surface area contributed by atoms with Crippen LogP contribution in [0.5, 0.6) is 0 Å². The van der Waals surface area contributed by atoms with Crippen LogP contribution >= 0.6 is 31.9 Å². The van der Waals surface area contributed by atoms with Crippen molar-refractivity contribution >= 4 is 43.5 Å². The minimum absolute atomic E-state index is 0.252. The van der Waals surface area contributed by atoms with Gasteiger partial charge in [-0.3, -0.25) is 9.48 Å². The number of anilines is 1. The zero-order valence-corrected chi connectivity index (χ0v) is 17.2. The van der Waals surface area contributed by atoms with Crippen molar-refractivity contribution in [2.45, 2.75) is 27.4 Å². The van der Waals surface area contributed by atoms with Gasteiger partial charge in [0.15, 0.2) is 5.69 Å². The highest BCUT2D eigenvalue weighted by Gasteiger charge is 2.13. The van der Waals surface area contributed by atoms with Gasteiger partial charge in [-0.15, -0.1) is 0 Å². The van der Waals surface area contributed by atoms with Gasteiger partial charge in [-0.05, 0) is 76.4 Å². The number of aryl methyl sites for hydroxylation is 2. The van der Waals surface area contributed by atoms with Crippen LogP contribution in [0.15, 0.2) is 39.4 Å². The number of nitrogens with zero attached hydrogens (tertiary/aromatic N) is 4. The molecule has 0 fully saturated rings. The van der Waals surface area contributed by atoms with Crippen LogP contribution in [0.3, 0.4) is 0 Å². The lowest BCUT2D eigenvalue weighted by Gasteiger charge is -2.07. The Balaban J connectivity index is 1.74. The molecule has 0 aliphatic heterocycles. The van der Waals surface area contributed by atoms with E-state index in [2.05, 4.69) is 47.4 Å². The average molecular weight is 467 g/mol. The predicted molar refractivity (Wildman–Crippen MR) is 104 cm³/mol. The van der Waals surface area contributed by atoms with Gasteiger partial charge in [0.05, 0.1) is 21.5 Å². The van der Waals surface area contributed by atoms with Crippen LogP contribution in [0.25, 0.3) is 0 Å². The third kappa shape index (κ3) is 3.85. The summed E-state index contributed by atoms with van der Waals surface area (Å²) in [6, 6.07) is 7.45. The van der Waals surface area contributed by atoms with Crippen molar-refractivity contribution in [1.29, 1.82) is 0 Å². The van der Waals surface area contributed by atoms with E-state index in [1.54, 1.807) is 16.9 Å². The van der Waals surface area contributed by atoms with E-state index in [0.717, 1.165) is 25.9 Å². The molecule has 0 aliphatic rings. The van der Waals surface area contributed by atoms with Gasteiger partial charge in [0.25, 0.3) is 5.91 Å². The Morgan fingerprint density at radius 2 is 1.92 bits per heavy atom. The maximum atomic E-state index is 12.4. The molecule has 0 spiro atoms. The van der Waals surface area contributed by atoms with Crippen LogP contribution in [0.2, 0.25) is 0 Å². The highest BCUT2D eigenvalue weighted by molar-refractivity contribution is 9.11. The number of nitrogens with one attached hydrogen (secondary N) is 1. The van der Waals surface area contributed by atoms with Gasteiger partial charge in [-0.25, -0.2) is 4.68 Å². The van der Waals surface area contributed by atoms with Crippen LogP contribution < -0.4 is 5.32 Å². The van der Waals surface area contributed by atoms with E-state index >= 15 is 0 Å². The first-order valence-corrected chi connectivity index (χ1v) is 9.24. The number of halogens is 2. The Labute approximate surface area is 162 Å². The van der Waals surface area contributed by atoms with E-state index in [1.807, 2.05) is 43.7 Å². The summed E-state index contributed by atoms with van der Waals surface area (Å²) in [7, 11) is 0. The van der Waals surface area contributed by atoms with E-state index in [1.165, 1.54) is 0 Å². The molecular weight excluding hydrogens is 450 g/mol. The molecule has 3 rings (SSSR count). The summed E-state index contributed by atoms with van der Waals surface area (Å²) in [6.07, 6.45) is 1.77. The third-order valence-electron chi connectivity index (χ3n) is 3.82. The van der Waals surface area contributed by atoms with Gasteiger partial charge in [0.2, 0.25) is 0 Å². The Hall–Kier alpha value is -1.93. The lowest BCUT2D eigenvalue weighted by molar-refractivity contribution is 0.102. The second-order valence-electron chi connectivity index (χ2n) is 5.80. The number of hydrogen-bond acceptors (Lipinski definition) is 3. The maximum absolute atomic E-state index is 12.4. The molecular formula is C17H17Br2N5O. The van der Waals surface area contributed by atoms with Crippen molar-refractivity contribution in [1.82, 2.24) is 19.6 Å². The summed E-state index contributed by atoms with van der Waals surface area (Å²) < 4.78 is 5.35. The average Bonchev–Trinajstić information content (AvgIpc) is 3.12. The number of rotatable bonds is 4. The largest absolute Gasteiger partial charge is 0.320 e. The smallest absolute Gasteiger partial charge is 0.276 e. The first-order chi connectivity index (χ1) is 11.8. The summed E-state index contributed by atoms with van der Waals surface area (Å²) in [5.41, 5.74) is 4.13. The first kappa shape index (κ1) is 17.9. The molecule has 1 amide bonds. The molecule has 2 aromatic heterocycles. The van der Waals surface area contributed by atoms with Crippen LogP contribution in [0, 0.1) is 20.8 Å². The quantitative estimate of drug-likeness (QED) is 0.623. The fourth-order valence-corrected chi connectivity index (χ4v) is 3.30. The lowest BCUT2D eigenvalue weighted by atomic mass is 10.2. The number of carbonyl (C=O) groups is 1. The second kappa shape index (κ2) is 7.13. The normalized spacial score (nSPS) is 10.9. The first-order valence-electron chi connectivity index (χ1n) is 7.65. The van der Waals surface area contributed by atoms with E-state index in [-0.39, 0.29) is 5.91 Å². The minimum Gasteiger partial charge on any atom is -0.320 e. The fourth-order valence-electron chi connectivity index (χ4n) is 2.42. The monoisotopic (exact) mass is 465 g/mol. The summed E-state index contributed by atoms with van der Waals surface area (Å²) >= 11 is 6.97. The van der Waals surface area contributed by atoms with Gasteiger partial charge < -0.3 is 5.32 Å². The topological polar surface area (TPSA) is 64.7 Å². The Morgan fingerprint density at radius 1 is 1.16 bits per heavy atom. The summed E-state index contributed by atoms with van der Waals surface area (Å²) in [5, 5.41) is 11.7. The molecule has 2 heterocycles. The molecule has 0 atom stereocenters. The van der Waals surface area contributed by atoms with Crippen molar-refractivity contribution in [2.75, 3.05) is 5.32 Å². The Morgan fingerprint density at radius 3 is 2.56 bits per heavy atom. The molecule has 1 N–H and O–H groups in total. The molecule has 25 heavy (non-hydrogen) atoms. The predicted octanol–water partition coefficient (Wildman–Crippen LogP) is 4.29. The summed E-state index contributed by atoms with van der Waals surface area (Å²) in [6.45, 7) is 6.36.